The highest BCUT2D eigenvalue weighted by Gasteiger charge is 2.20. The first-order valence-corrected chi connectivity index (χ1v) is 10.5. The van der Waals surface area contributed by atoms with E-state index in [1.807, 2.05) is 72.4 Å². The average Bonchev–Trinajstić information content (AvgIpc) is 3.36. The molecule has 7 heteroatoms. The van der Waals surface area contributed by atoms with Crippen molar-refractivity contribution in [1.82, 2.24) is 24.9 Å². The molecule has 4 aromatic rings. The molecule has 1 N–H and O–H groups in total. The number of halogens is 1. The molecule has 1 amide bonds. The van der Waals surface area contributed by atoms with Crippen molar-refractivity contribution < 1.29 is 4.79 Å². The van der Waals surface area contributed by atoms with Crippen molar-refractivity contribution in [2.24, 2.45) is 0 Å². The van der Waals surface area contributed by atoms with Crippen molar-refractivity contribution >= 4 is 17.5 Å². The number of carbonyl (C=O) groups is 1. The van der Waals surface area contributed by atoms with E-state index in [0.29, 0.717) is 36.0 Å². The minimum Gasteiger partial charge on any atom is -0.348 e. The minimum atomic E-state index is -0.230. The van der Waals surface area contributed by atoms with Gasteiger partial charge in [-0.05, 0) is 36.6 Å². The molecule has 4 rings (SSSR count). The summed E-state index contributed by atoms with van der Waals surface area (Å²) in [5.41, 5.74) is 5.43. The van der Waals surface area contributed by atoms with Crippen LogP contribution in [0.3, 0.4) is 0 Å². The van der Waals surface area contributed by atoms with Gasteiger partial charge in [0.1, 0.15) is 5.15 Å². The maximum Gasteiger partial charge on any atom is 0.256 e. The molecule has 0 fully saturated rings. The molecule has 6 nitrogen and oxygen atoms in total. The van der Waals surface area contributed by atoms with E-state index < -0.39 is 0 Å². The zero-order valence-corrected chi connectivity index (χ0v) is 18.3. The normalized spacial score (nSPS) is 10.9. The molecular weight excluding hydrogens is 410 g/mol. The molecule has 0 atom stereocenters. The van der Waals surface area contributed by atoms with E-state index in [1.54, 1.807) is 17.8 Å². The lowest BCUT2D eigenvalue weighted by atomic mass is 10.1. The summed E-state index contributed by atoms with van der Waals surface area (Å²) < 4.78 is 3.53. The van der Waals surface area contributed by atoms with Crippen molar-refractivity contribution in [2.75, 3.05) is 0 Å². The van der Waals surface area contributed by atoms with Crippen LogP contribution >= 0.6 is 11.6 Å². The van der Waals surface area contributed by atoms with Gasteiger partial charge in [-0.3, -0.25) is 9.48 Å². The molecule has 2 aromatic carbocycles. The van der Waals surface area contributed by atoms with Gasteiger partial charge in [-0.15, -0.1) is 0 Å². The predicted molar refractivity (Wildman–Crippen MR) is 121 cm³/mol. The zero-order valence-electron chi connectivity index (χ0n) is 17.5. The lowest BCUT2D eigenvalue weighted by molar-refractivity contribution is 0.0950. The zero-order chi connectivity index (χ0) is 21.8. The fourth-order valence-electron chi connectivity index (χ4n) is 3.50. The molecule has 0 saturated carbocycles. The second-order valence-electron chi connectivity index (χ2n) is 7.55. The second-order valence-corrected chi connectivity index (χ2v) is 7.91. The minimum absolute atomic E-state index is 0.230. The van der Waals surface area contributed by atoms with Crippen LogP contribution in [0.2, 0.25) is 5.15 Å². The lowest BCUT2D eigenvalue weighted by Gasteiger charge is -2.11. The van der Waals surface area contributed by atoms with Crippen molar-refractivity contribution in [3.8, 4) is 0 Å². The highest BCUT2D eigenvalue weighted by molar-refractivity contribution is 6.33. The Balaban J connectivity index is 1.47. The third kappa shape index (κ3) is 4.86. The summed E-state index contributed by atoms with van der Waals surface area (Å²) >= 11 is 6.54. The summed E-state index contributed by atoms with van der Waals surface area (Å²) in [7, 11) is 0. The Morgan fingerprint density at radius 2 is 1.74 bits per heavy atom. The SMILES string of the molecule is Cc1ccc(Cn2nc(C)c(C(=O)NCc3ccccc3Cn3cccn3)c2Cl)cc1. The molecule has 0 spiro atoms. The first kappa shape index (κ1) is 20.9. The Bertz CT molecular complexity index is 1180. The maximum absolute atomic E-state index is 12.9. The molecule has 0 radical (unpaired) electrons. The Hall–Kier alpha value is -3.38. The summed E-state index contributed by atoms with van der Waals surface area (Å²) in [4.78, 5) is 12.9. The predicted octanol–water partition coefficient (Wildman–Crippen LogP) is 4.38. The Kier molecular flexibility index (Phi) is 6.18. The smallest absolute Gasteiger partial charge is 0.256 e. The summed E-state index contributed by atoms with van der Waals surface area (Å²) in [6.45, 7) is 5.41. The molecule has 0 aliphatic carbocycles. The Labute approximate surface area is 186 Å². The van der Waals surface area contributed by atoms with E-state index in [4.69, 9.17) is 11.6 Å². The number of amides is 1. The maximum atomic E-state index is 12.9. The molecule has 0 aliphatic heterocycles. The van der Waals surface area contributed by atoms with Crippen molar-refractivity contribution in [2.45, 2.75) is 33.5 Å². The van der Waals surface area contributed by atoms with Crippen LogP contribution in [-0.2, 0) is 19.6 Å². The molecule has 0 aliphatic rings. The van der Waals surface area contributed by atoms with Crippen LogP contribution in [0.5, 0.6) is 0 Å². The fourth-order valence-corrected chi connectivity index (χ4v) is 3.82. The number of nitrogens with one attached hydrogen (secondary N) is 1. The van der Waals surface area contributed by atoms with Gasteiger partial charge >= 0.3 is 0 Å². The van der Waals surface area contributed by atoms with Gasteiger partial charge in [0, 0.05) is 18.9 Å². The van der Waals surface area contributed by atoms with Crippen LogP contribution in [-0.4, -0.2) is 25.5 Å². The van der Waals surface area contributed by atoms with Crippen molar-refractivity contribution in [3.05, 3.63) is 106 Å². The number of benzene rings is 2. The fraction of sp³-hybridized carbons (Fsp3) is 0.208. The monoisotopic (exact) mass is 433 g/mol. The summed E-state index contributed by atoms with van der Waals surface area (Å²) in [5.74, 6) is -0.230. The molecule has 0 saturated heterocycles. The van der Waals surface area contributed by atoms with Gasteiger partial charge in [-0.25, -0.2) is 4.68 Å². The van der Waals surface area contributed by atoms with Crippen LogP contribution in [0.1, 0.15) is 38.3 Å². The van der Waals surface area contributed by atoms with Crippen molar-refractivity contribution in [3.63, 3.8) is 0 Å². The molecule has 2 aromatic heterocycles. The first-order valence-electron chi connectivity index (χ1n) is 10.1. The Morgan fingerprint density at radius 3 is 2.45 bits per heavy atom. The molecule has 0 bridgehead atoms. The van der Waals surface area contributed by atoms with Gasteiger partial charge in [-0.1, -0.05) is 65.7 Å². The molecular formula is C24H24ClN5O. The van der Waals surface area contributed by atoms with Gasteiger partial charge < -0.3 is 5.32 Å². The quantitative estimate of drug-likeness (QED) is 0.470. The number of nitrogens with zero attached hydrogens (tertiary/aromatic N) is 4. The van der Waals surface area contributed by atoms with Crippen LogP contribution in [0.4, 0.5) is 0 Å². The van der Waals surface area contributed by atoms with Gasteiger partial charge in [0.25, 0.3) is 5.91 Å². The van der Waals surface area contributed by atoms with Gasteiger partial charge in [0.05, 0.1) is 24.3 Å². The topological polar surface area (TPSA) is 64.7 Å². The summed E-state index contributed by atoms with van der Waals surface area (Å²) in [6.07, 6.45) is 3.67. The summed E-state index contributed by atoms with van der Waals surface area (Å²) in [5, 5.41) is 12.1. The van der Waals surface area contributed by atoms with E-state index in [0.717, 1.165) is 16.7 Å². The number of aromatic nitrogens is 4. The van der Waals surface area contributed by atoms with E-state index in [1.165, 1.54) is 5.56 Å². The molecule has 158 valence electrons. The van der Waals surface area contributed by atoms with Crippen molar-refractivity contribution in [1.29, 1.82) is 0 Å². The molecule has 31 heavy (non-hydrogen) atoms. The standard InChI is InChI=1S/C24H24ClN5O/c1-17-8-10-19(11-9-17)15-30-23(25)22(18(2)28-30)24(31)26-14-20-6-3-4-7-21(20)16-29-13-5-12-27-29/h3-13H,14-16H2,1-2H3,(H,26,31). The van der Waals surface area contributed by atoms with Crippen LogP contribution in [0.15, 0.2) is 67.0 Å². The second kappa shape index (κ2) is 9.18. The third-order valence-electron chi connectivity index (χ3n) is 5.19. The Morgan fingerprint density at radius 1 is 1.00 bits per heavy atom. The first-order chi connectivity index (χ1) is 15.0. The van der Waals surface area contributed by atoms with Crippen LogP contribution < -0.4 is 5.32 Å². The highest BCUT2D eigenvalue weighted by atomic mass is 35.5. The lowest BCUT2D eigenvalue weighted by Crippen LogP contribution is -2.24. The third-order valence-corrected chi connectivity index (χ3v) is 5.58. The van der Waals surface area contributed by atoms with Gasteiger partial charge in [0.2, 0.25) is 0 Å². The number of carbonyl (C=O) groups excluding carboxylic acids is 1. The van der Waals surface area contributed by atoms with Crippen LogP contribution in [0, 0.1) is 13.8 Å². The highest BCUT2D eigenvalue weighted by Crippen LogP contribution is 2.21. The summed E-state index contributed by atoms with van der Waals surface area (Å²) in [6, 6.07) is 18.1. The molecule has 0 unspecified atom stereocenters. The van der Waals surface area contributed by atoms with Gasteiger partial charge in [-0.2, -0.15) is 10.2 Å². The van der Waals surface area contributed by atoms with Gasteiger partial charge in [0.15, 0.2) is 0 Å². The number of hydrogen-bond acceptors (Lipinski definition) is 3. The number of hydrogen-bond donors (Lipinski definition) is 1. The largest absolute Gasteiger partial charge is 0.348 e. The number of aryl methyl sites for hydroxylation is 2. The van der Waals surface area contributed by atoms with E-state index in [2.05, 4.69) is 15.5 Å². The number of rotatable bonds is 7. The van der Waals surface area contributed by atoms with E-state index in [-0.39, 0.29) is 5.91 Å². The molecule has 2 heterocycles. The van der Waals surface area contributed by atoms with E-state index >= 15 is 0 Å². The van der Waals surface area contributed by atoms with E-state index in [9.17, 15) is 4.79 Å². The van der Waals surface area contributed by atoms with Crippen LogP contribution in [0.25, 0.3) is 0 Å². The average molecular weight is 434 g/mol.